The molecule has 0 radical (unpaired) electrons. The van der Waals surface area contributed by atoms with Crippen LogP contribution in [0.4, 0.5) is 0 Å². The van der Waals surface area contributed by atoms with Crippen molar-refractivity contribution in [2.75, 3.05) is 0 Å². The molecular weight excluding hydrogens is 300 g/mol. The van der Waals surface area contributed by atoms with Gasteiger partial charge in [-0.1, -0.05) is 67.6 Å². The lowest BCUT2D eigenvalue weighted by Crippen LogP contribution is -1.86. The Bertz CT molecular complexity index is 1190. The van der Waals surface area contributed by atoms with Crippen molar-refractivity contribution in [2.24, 2.45) is 0 Å². The maximum Gasteiger partial charge on any atom is -0.00130 e. The van der Waals surface area contributed by atoms with Crippen LogP contribution in [0.5, 0.6) is 0 Å². The number of fused-ring (bicyclic) bond motifs is 7. The highest BCUT2D eigenvalue weighted by Crippen LogP contribution is 2.52. The van der Waals surface area contributed by atoms with Crippen LogP contribution in [0.2, 0.25) is 0 Å². The molecule has 0 amide bonds. The highest BCUT2D eigenvalue weighted by Gasteiger charge is 2.28. The summed E-state index contributed by atoms with van der Waals surface area (Å²) in [6.45, 7) is 2.24. The molecular formula is C25H18. The molecule has 0 heterocycles. The standard InChI is InChI=1S/C25H18/c1-2-15-10-11-16-13-17-14-23-19-7-4-3-6-18(19)20-8-5-9-21(25(20)23)24(17)22(16)12-15/h3-12,14H,2,13H2,1H3. The summed E-state index contributed by atoms with van der Waals surface area (Å²) in [6, 6.07) is 25.2. The summed E-state index contributed by atoms with van der Waals surface area (Å²) in [4.78, 5) is 0. The number of hydrogen-bond donors (Lipinski definition) is 0. The predicted molar refractivity (Wildman–Crippen MR) is 106 cm³/mol. The molecule has 2 aliphatic rings. The van der Waals surface area contributed by atoms with E-state index in [1.165, 1.54) is 60.8 Å². The van der Waals surface area contributed by atoms with Gasteiger partial charge in [-0.25, -0.2) is 0 Å². The Kier molecular flexibility index (Phi) is 2.48. The molecule has 0 fully saturated rings. The Hall–Kier alpha value is -2.86. The Morgan fingerprint density at radius 1 is 0.680 bits per heavy atom. The second-order valence-corrected chi connectivity index (χ2v) is 7.25. The van der Waals surface area contributed by atoms with Gasteiger partial charge in [0.2, 0.25) is 0 Å². The summed E-state index contributed by atoms with van der Waals surface area (Å²) in [5.41, 5.74) is 12.9. The van der Waals surface area contributed by atoms with Gasteiger partial charge in [0.25, 0.3) is 0 Å². The number of rotatable bonds is 1. The van der Waals surface area contributed by atoms with E-state index in [0.29, 0.717) is 0 Å². The zero-order chi connectivity index (χ0) is 16.5. The molecule has 25 heavy (non-hydrogen) atoms. The van der Waals surface area contributed by atoms with Crippen LogP contribution < -0.4 is 0 Å². The average Bonchev–Trinajstić information content (AvgIpc) is 3.19. The molecule has 0 aliphatic heterocycles. The molecule has 6 rings (SSSR count). The Morgan fingerprint density at radius 3 is 2.32 bits per heavy atom. The summed E-state index contributed by atoms with van der Waals surface area (Å²) < 4.78 is 0. The van der Waals surface area contributed by atoms with Gasteiger partial charge in [-0.2, -0.15) is 0 Å². The largest absolute Gasteiger partial charge is 0.0616 e. The molecule has 0 aromatic heterocycles. The summed E-state index contributed by atoms with van der Waals surface area (Å²) in [5, 5.41) is 2.87. The second-order valence-electron chi connectivity index (χ2n) is 7.25. The summed E-state index contributed by atoms with van der Waals surface area (Å²) in [5.74, 6) is 0. The molecule has 0 unspecified atom stereocenters. The Balaban J connectivity index is 1.76. The molecule has 0 saturated carbocycles. The van der Waals surface area contributed by atoms with E-state index in [0.717, 1.165) is 12.8 Å². The van der Waals surface area contributed by atoms with Gasteiger partial charge in [-0.15, -0.1) is 0 Å². The van der Waals surface area contributed by atoms with Crippen LogP contribution in [0.15, 0.2) is 66.7 Å². The zero-order valence-electron chi connectivity index (χ0n) is 14.3. The zero-order valence-corrected chi connectivity index (χ0v) is 14.3. The molecule has 118 valence electrons. The minimum Gasteiger partial charge on any atom is -0.0616 e. The molecule has 0 N–H and O–H groups in total. The van der Waals surface area contributed by atoms with Crippen LogP contribution in [0.3, 0.4) is 0 Å². The topological polar surface area (TPSA) is 0 Å². The first kappa shape index (κ1) is 13.4. The molecule has 0 bridgehead atoms. The first-order valence-electron chi connectivity index (χ1n) is 9.15. The number of hydrogen-bond acceptors (Lipinski definition) is 0. The van der Waals surface area contributed by atoms with Crippen LogP contribution in [-0.4, -0.2) is 0 Å². The van der Waals surface area contributed by atoms with Crippen molar-refractivity contribution in [3.63, 3.8) is 0 Å². The molecule has 0 saturated heterocycles. The van der Waals surface area contributed by atoms with E-state index in [2.05, 4.69) is 73.7 Å². The van der Waals surface area contributed by atoms with Gasteiger partial charge < -0.3 is 0 Å². The Morgan fingerprint density at radius 2 is 1.48 bits per heavy atom. The maximum absolute atomic E-state index is 2.46. The van der Waals surface area contributed by atoms with Crippen molar-refractivity contribution >= 4 is 10.8 Å². The fraction of sp³-hybridized carbons (Fsp3) is 0.120. The quantitative estimate of drug-likeness (QED) is 0.319. The van der Waals surface area contributed by atoms with Gasteiger partial charge in [0.15, 0.2) is 0 Å². The highest BCUT2D eigenvalue weighted by atomic mass is 14.3. The maximum atomic E-state index is 2.46. The van der Waals surface area contributed by atoms with Crippen LogP contribution >= 0.6 is 0 Å². The molecule has 4 aromatic carbocycles. The van der Waals surface area contributed by atoms with E-state index in [1.54, 1.807) is 0 Å². The molecule has 0 heteroatoms. The molecule has 0 spiro atoms. The van der Waals surface area contributed by atoms with Gasteiger partial charge in [0.1, 0.15) is 0 Å². The highest BCUT2D eigenvalue weighted by molar-refractivity contribution is 6.19. The van der Waals surface area contributed by atoms with E-state index < -0.39 is 0 Å². The second kappa shape index (κ2) is 4.61. The van der Waals surface area contributed by atoms with Gasteiger partial charge in [0.05, 0.1) is 0 Å². The third-order valence-corrected chi connectivity index (χ3v) is 5.98. The smallest absolute Gasteiger partial charge is 0.00130 e. The van der Waals surface area contributed by atoms with Crippen LogP contribution in [-0.2, 0) is 12.8 Å². The van der Waals surface area contributed by atoms with Crippen LogP contribution in [0.25, 0.3) is 44.2 Å². The first-order chi connectivity index (χ1) is 12.3. The minimum absolute atomic E-state index is 1.06. The number of aryl methyl sites for hydroxylation is 1. The van der Waals surface area contributed by atoms with Gasteiger partial charge in [-0.05, 0) is 79.8 Å². The van der Waals surface area contributed by atoms with E-state index in [9.17, 15) is 0 Å². The van der Waals surface area contributed by atoms with Crippen molar-refractivity contribution in [3.8, 4) is 33.4 Å². The molecule has 0 nitrogen and oxygen atoms in total. The lowest BCUT2D eigenvalue weighted by molar-refractivity contribution is 1.13. The van der Waals surface area contributed by atoms with Crippen molar-refractivity contribution in [3.05, 3.63) is 83.4 Å². The van der Waals surface area contributed by atoms with Gasteiger partial charge in [-0.3, -0.25) is 0 Å². The van der Waals surface area contributed by atoms with Gasteiger partial charge in [0, 0.05) is 0 Å². The third kappa shape index (κ3) is 1.62. The Labute approximate surface area is 147 Å². The van der Waals surface area contributed by atoms with Gasteiger partial charge >= 0.3 is 0 Å². The predicted octanol–water partition coefficient (Wildman–Crippen LogP) is 6.62. The SMILES string of the molecule is CCc1ccc2c(c1)-c1c(cc3c4c(cccc14)-c1ccccc1-3)C2. The van der Waals surface area contributed by atoms with Crippen molar-refractivity contribution in [1.29, 1.82) is 0 Å². The normalized spacial score (nSPS) is 13.0. The summed E-state index contributed by atoms with van der Waals surface area (Å²) in [7, 11) is 0. The molecule has 2 aliphatic carbocycles. The number of benzene rings is 4. The van der Waals surface area contributed by atoms with E-state index in [1.807, 2.05) is 0 Å². The lowest BCUT2D eigenvalue weighted by Gasteiger charge is -2.10. The van der Waals surface area contributed by atoms with Crippen molar-refractivity contribution in [2.45, 2.75) is 19.8 Å². The van der Waals surface area contributed by atoms with Crippen molar-refractivity contribution in [1.82, 2.24) is 0 Å². The van der Waals surface area contributed by atoms with E-state index >= 15 is 0 Å². The van der Waals surface area contributed by atoms with E-state index in [4.69, 9.17) is 0 Å². The molecule has 4 aromatic rings. The molecule has 0 atom stereocenters. The minimum atomic E-state index is 1.06. The fourth-order valence-corrected chi connectivity index (χ4v) is 4.83. The lowest BCUT2D eigenvalue weighted by atomic mass is 9.93. The fourth-order valence-electron chi connectivity index (χ4n) is 4.83. The third-order valence-electron chi connectivity index (χ3n) is 5.98. The average molecular weight is 318 g/mol. The van der Waals surface area contributed by atoms with Crippen LogP contribution in [0, 0.1) is 0 Å². The van der Waals surface area contributed by atoms with Crippen LogP contribution in [0.1, 0.15) is 23.6 Å². The monoisotopic (exact) mass is 318 g/mol. The van der Waals surface area contributed by atoms with E-state index in [-0.39, 0.29) is 0 Å². The van der Waals surface area contributed by atoms with Crippen molar-refractivity contribution < 1.29 is 0 Å². The summed E-state index contributed by atoms with van der Waals surface area (Å²) in [6.07, 6.45) is 2.15. The first-order valence-corrected chi connectivity index (χ1v) is 9.15. The summed E-state index contributed by atoms with van der Waals surface area (Å²) >= 11 is 0.